The smallest absolute Gasteiger partial charge is 0.127 e. The van der Waals surface area contributed by atoms with Crippen LogP contribution < -0.4 is 55.3 Å². The van der Waals surface area contributed by atoms with E-state index in [1.165, 1.54) is 47.0 Å². The van der Waals surface area contributed by atoms with Crippen LogP contribution in [-0.2, 0) is 28.4 Å². The van der Waals surface area contributed by atoms with Crippen molar-refractivity contribution in [1.29, 1.82) is 0 Å². The summed E-state index contributed by atoms with van der Waals surface area (Å²) < 4.78 is 12.4. The van der Waals surface area contributed by atoms with Crippen molar-refractivity contribution >= 4 is 47.0 Å². The first-order chi connectivity index (χ1) is 19.8. The second kappa shape index (κ2) is 18.2. The molecule has 10 nitrogen and oxygen atoms in total. The Labute approximate surface area is 268 Å². The Morgan fingerprint density at radius 3 is 1.14 bits per heavy atom. The summed E-state index contributed by atoms with van der Waals surface area (Å²) >= 11 is 5.83. The maximum Gasteiger partial charge on any atom is 0.127 e. The molecule has 0 aliphatic carbocycles. The lowest BCUT2D eigenvalue weighted by molar-refractivity contribution is 0.312. The van der Waals surface area contributed by atoms with Gasteiger partial charge < -0.3 is 55.3 Å². The molecule has 0 heterocycles. The third kappa shape index (κ3) is 11.6. The zero-order valence-electron chi connectivity index (χ0n) is 25.1. The van der Waals surface area contributed by atoms with Gasteiger partial charge in [0.05, 0.1) is 13.2 Å². The number of hydrogen-bond donors (Lipinski definition) is 8. The molecule has 0 saturated heterocycles. The van der Waals surface area contributed by atoms with Crippen molar-refractivity contribution in [1.82, 2.24) is 0 Å². The van der Waals surface area contributed by atoms with Crippen LogP contribution in [0, 0.1) is 0 Å². The first-order valence-corrected chi connectivity index (χ1v) is 18.1. The fraction of sp³-hybridized carbons (Fsp3) is 0.571. The molecule has 42 heavy (non-hydrogen) atoms. The Hall–Kier alpha value is -0.880. The van der Waals surface area contributed by atoms with Gasteiger partial charge in [0, 0.05) is 50.7 Å². The summed E-state index contributed by atoms with van der Waals surface area (Å²) in [6.45, 7) is 9.58. The lowest BCUT2D eigenvalue weighted by atomic mass is 9.76. The van der Waals surface area contributed by atoms with E-state index < -0.39 is 27.4 Å². The van der Waals surface area contributed by atoms with Gasteiger partial charge in [0.1, 0.15) is 33.5 Å². The van der Waals surface area contributed by atoms with Gasteiger partial charge >= 0.3 is 0 Å². The van der Waals surface area contributed by atoms with Crippen LogP contribution in [0.25, 0.3) is 0 Å². The molecule has 14 heteroatoms. The van der Waals surface area contributed by atoms with Gasteiger partial charge in [-0.15, -0.1) is 47.0 Å². The number of benzene rings is 2. The molecule has 0 spiro atoms. The van der Waals surface area contributed by atoms with Gasteiger partial charge in [0.2, 0.25) is 0 Å². The van der Waals surface area contributed by atoms with E-state index in [1.807, 2.05) is 6.92 Å². The third-order valence-corrected chi connectivity index (χ3v) is 9.84. The molecule has 0 fully saturated rings. The molecular weight excluding hydrogens is 609 g/mol. The van der Waals surface area contributed by atoms with E-state index in [-0.39, 0.29) is 0 Å². The molecule has 0 atom stereocenters. The van der Waals surface area contributed by atoms with E-state index in [0.717, 1.165) is 51.3 Å². The van der Waals surface area contributed by atoms with Crippen molar-refractivity contribution in [3.05, 3.63) is 57.6 Å². The fourth-order valence-electron chi connectivity index (χ4n) is 4.29. The molecule has 0 aliphatic heterocycles. The topological polar surface area (TPSA) is 227 Å². The zero-order chi connectivity index (χ0) is 31.4. The molecule has 2 aromatic rings. The molecule has 0 bridgehead atoms. The maximum absolute atomic E-state index is 6.29. The van der Waals surface area contributed by atoms with E-state index in [9.17, 15) is 0 Å². The highest BCUT2D eigenvalue weighted by Crippen LogP contribution is 2.42. The number of ether oxygens (including phenoxy) is 2. The normalized spacial score (nSPS) is 12.3. The minimum atomic E-state index is -0.509. The lowest BCUT2D eigenvalue weighted by Crippen LogP contribution is -2.27. The molecule has 0 aromatic heterocycles. The Morgan fingerprint density at radius 1 is 0.571 bits per heavy atom. The van der Waals surface area contributed by atoms with Crippen molar-refractivity contribution in [3.63, 3.8) is 0 Å². The van der Waals surface area contributed by atoms with Gasteiger partial charge in [-0.25, -0.2) is 0 Å². The van der Waals surface area contributed by atoms with E-state index in [0.29, 0.717) is 36.2 Å². The second-order valence-electron chi connectivity index (χ2n) is 10.3. The van der Waals surface area contributed by atoms with Crippen LogP contribution in [0.3, 0.4) is 0 Å². The molecule has 0 amide bonds. The summed E-state index contributed by atoms with van der Waals surface area (Å²) in [5.41, 5.74) is 51.2. The number of thioether (sulfide) groups is 4. The van der Waals surface area contributed by atoms with Crippen LogP contribution in [0.4, 0.5) is 0 Å². The minimum absolute atomic E-state index is 0.420. The predicted octanol–water partition coefficient (Wildman–Crippen LogP) is 2.94. The quantitative estimate of drug-likeness (QED) is 0.102. The van der Waals surface area contributed by atoms with E-state index in [1.54, 1.807) is 0 Å². The molecule has 0 unspecified atom stereocenters. The Bertz CT molecular complexity index is 1050. The van der Waals surface area contributed by atoms with Gasteiger partial charge in [-0.1, -0.05) is 45.0 Å². The Balaban J connectivity index is 2.76. The number of rotatable bonds is 19. The number of nitrogens with two attached hydrogens (primary N) is 8. The Morgan fingerprint density at radius 2 is 0.881 bits per heavy atom. The maximum atomic E-state index is 6.29. The van der Waals surface area contributed by atoms with Gasteiger partial charge in [-0.3, -0.25) is 0 Å². The van der Waals surface area contributed by atoms with Crippen LogP contribution in [0.15, 0.2) is 24.3 Å². The minimum Gasteiger partial charge on any atom is -0.493 e. The average Bonchev–Trinajstić information content (AvgIpc) is 2.92. The van der Waals surface area contributed by atoms with Gasteiger partial charge in [0.15, 0.2) is 0 Å². The predicted molar refractivity (Wildman–Crippen MR) is 186 cm³/mol. The summed E-state index contributed by atoms with van der Waals surface area (Å²) in [6, 6.07) is 8.77. The lowest BCUT2D eigenvalue weighted by Gasteiger charge is -2.31. The third-order valence-electron chi connectivity index (χ3n) is 6.39. The summed E-state index contributed by atoms with van der Waals surface area (Å²) in [4.78, 5) is 0. The fourth-order valence-corrected chi connectivity index (χ4v) is 6.64. The highest BCUT2D eigenvalue weighted by Gasteiger charge is 2.29. The van der Waals surface area contributed by atoms with Crippen molar-refractivity contribution < 1.29 is 9.47 Å². The van der Waals surface area contributed by atoms with E-state index in [4.69, 9.17) is 55.3 Å². The Kier molecular flexibility index (Phi) is 16.1. The summed E-state index contributed by atoms with van der Waals surface area (Å²) in [7, 11) is 0. The molecule has 0 saturated carbocycles. The van der Waals surface area contributed by atoms with Crippen molar-refractivity contribution in [2.75, 3.05) is 13.2 Å². The monoisotopic (exact) mass is 658 g/mol. The summed E-state index contributed by atoms with van der Waals surface area (Å²) in [5, 5.41) is 0. The summed E-state index contributed by atoms with van der Waals surface area (Å²) in [6.07, 6.45) is 0.881. The molecule has 0 aliphatic rings. The largest absolute Gasteiger partial charge is 0.493 e. The van der Waals surface area contributed by atoms with E-state index in [2.05, 4.69) is 45.0 Å². The highest BCUT2D eigenvalue weighted by atomic mass is 32.2. The second-order valence-corrected chi connectivity index (χ2v) is 14.9. The van der Waals surface area contributed by atoms with Crippen molar-refractivity contribution in [2.45, 2.75) is 84.5 Å². The highest BCUT2D eigenvalue weighted by molar-refractivity contribution is 7.99. The van der Waals surface area contributed by atoms with Crippen molar-refractivity contribution in [2.24, 2.45) is 45.9 Å². The van der Waals surface area contributed by atoms with Gasteiger partial charge in [-0.2, -0.15) is 0 Å². The van der Waals surface area contributed by atoms with Crippen LogP contribution in [-0.4, -0.2) is 35.2 Å². The van der Waals surface area contributed by atoms with Crippen LogP contribution >= 0.6 is 47.0 Å². The standard InChI is InChI=1S/C28H50N8O2S4/c1-5-7-38-23-18(14-41-26(33)34)10-21(11-19(23)15-42-27(35)36)28(3,4)20-8-16(12-39-24(29)30)22(37-6-2)17(9-20)13-40-25(31)32/h8-11,24-27H,5-7,12-15,29-36H2,1-4H3. The van der Waals surface area contributed by atoms with Gasteiger partial charge in [0.25, 0.3) is 0 Å². The first-order valence-electron chi connectivity index (χ1n) is 13.9. The van der Waals surface area contributed by atoms with Crippen LogP contribution in [0.2, 0.25) is 0 Å². The molecule has 2 aromatic carbocycles. The average molecular weight is 659 g/mol. The van der Waals surface area contributed by atoms with E-state index >= 15 is 0 Å². The van der Waals surface area contributed by atoms with Crippen LogP contribution in [0.1, 0.15) is 67.5 Å². The summed E-state index contributed by atoms with van der Waals surface area (Å²) in [5.74, 6) is 4.06. The molecule has 0 radical (unpaired) electrons. The molecular formula is C28H50N8O2S4. The zero-order valence-corrected chi connectivity index (χ0v) is 28.4. The molecule has 2 rings (SSSR count). The first kappa shape index (κ1) is 37.3. The number of hydrogen-bond acceptors (Lipinski definition) is 14. The SMILES string of the molecule is CCCOc1c(CSC(N)N)cc(C(C)(C)c2cc(CSC(N)N)c(OCC)c(CSC(N)N)c2)cc1CSC(N)N. The van der Waals surface area contributed by atoms with Crippen molar-refractivity contribution in [3.8, 4) is 11.5 Å². The molecule has 16 N–H and O–H groups in total. The van der Waals surface area contributed by atoms with Crippen LogP contribution in [0.5, 0.6) is 11.5 Å². The van der Waals surface area contributed by atoms with Gasteiger partial charge in [-0.05, 0) is 24.5 Å². The molecule has 238 valence electrons.